The molecular formula is C18H28ClN3O3S. The number of hydrogen-bond donors (Lipinski definition) is 2. The number of nitrogens with two attached hydrogens (primary N) is 1. The number of ketones is 1. The molecule has 6 nitrogen and oxygen atoms in total. The highest BCUT2D eigenvalue weighted by Gasteiger charge is 2.63. The number of aromatic nitrogens is 1. The van der Waals surface area contributed by atoms with E-state index >= 15 is 0 Å². The number of ether oxygens (including phenoxy) is 1. The molecule has 8 heteroatoms. The molecule has 0 saturated heterocycles. The molecule has 2 aliphatic rings. The Morgan fingerprint density at radius 3 is 2.58 bits per heavy atom. The van der Waals surface area contributed by atoms with E-state index in [0.717, 1.165) is 12.1 Å². The Labute approximate surface area is 164 Å². The number of halogens is 1. The number of thiazole rings is 1. The zero-order chi connectivity index (χ0) is 18.6. The lowest BCUT2D eigenvalue weighted by molar-refractivity contribution is -0.166. The van der Waals surface area contributed by atoms with Gasteiger partial charge >= 0.3 is 0 Å². The smallest absolute Gasteiger partial charge is 0.246 e. The summed E-state index contributed by atoms with van der Waals surface area (Å²) in [7, 11) is 0. The minimum Gasteiger partial charge on any atom is -0.378 e. The SMILES string of the molecule is CCOC1CC(N)(C(=O)Nc2nc3c(s2)C(=O)CC(C)(C)C3)C1(C)C.Cl. The van der Waals surface area contributed by atoms with Crippen LogP contribution in [0.3, 0.4) is 0 Å². The van der Waals surface area contributed by atoms with Crippen molar-refractivity contribution in [2.24, 2.45) is 16.6 Å². The van der Waals surface area contributed by atoms with Crippen molar-refractivity contribution < 1.29 is 14.3 Å². The highest BCUT2D eigenvalue weighted by molar-refractivity contribution is 7.17. The Morgan fingerprint density at radius 2 is 2.00 bits per heavy atom. The number of carbonyl (C=O) groups is 2. The van der Waals surface area contributed by atoms with Crippen molar-refractivity contribution in [3.63, 3.8) is 0 Å². The number of fused-ring (bicyclic) bond motifs is 1. The highest BCUT2D eigenvalue weighted by Crippen LogP contribution is 2.50. The first-order chi connectivity index (χ1) is 11.5. The number of nitrogens with one attached hydrogen (secondary N) is 1. The van der Waals surface area contributed by atoms with E-state index in [4.69, 9.17) is 10.5 Å². The van der Waals surface area contributed by atoms with Gasteiger partial charge in [-0.25, -0.2) is 4.98 Å². The van der Waals surface area contributed by atoms with Crippen LogP contribution >= 0.6 is 23.7 Å². The van der Waals surface area contributed by atoms with Crippen molar-refractivity contribution >= 4 is 40.6 Å². The molecule has 1 aromatic heterocycles. The van der Waals surface area contributed by atoms with Gasteiger partial charge in [0.15, 0.2) is 10.9 Å². The van der Waals surface area contributed by atoms with Crippen LogP contribution in [0.25, 0.3) is 0 Å². The summed E-state index contributed by atoms with van der Waals surface area (Å²) < 4.78 is 5.67. The third kappa shape index (κ3) is 3.30. The number of amides is 1. The van der Waals surface area contributed by atoms with Gasteiger partial charge in [-0.3, -0.25) is 9.59 Å². The van der Waals surface area contributed by atoms with E-state index < -0.39 is 11.0 Å². The first-order valence-corrected chi connectivity index (χ1v) is 9.57. The van der Waals surface area contributed by atoms with Gasteiger partial charge in [-0.2, -0.15) is 0 Å². The molecule has 3 N–H and O–H groups in total. The average Bonchev–Trinajstić information content (AvgIpc) is 2.87. The van der Waals surface area contributed by atoms with E-state index in [0.29, 0.717) is 29.5 Å². The highest BCUT2D eigenvalue weighted by atomic mass is 35.5. The fourth-order valence-corrected chi connectivity index (χ4v) is 4.72. The second-order valence-electron chi connectivity index (χ2n) is 8.53. The van der Waals surface area contributed by atoms with Gasteiger partial charge in [0.2, 0.25) is 5.91 Å². The quantitative estimate of drug-likeness (QED) is 0.807. The van der Waals surface area contributed by atoms with Crippen molar-refractivity contribution in [1.29, 1.82) is 0 Å². The lowest BCUT2D eigenvalue weighted by Crippen LogP contribution is -2.74. The lowest BCUT2D eigenvalue weighted by atomic mass is 9.54. The maximum atomic E-state index is 12.8. The summed E-state index contributed by atoms with van der Waals surface area (Å²) in [5.41, 5.74) is 5.65. The predicted molar refractivity (Wildman–Crippen MR) is 105 cm³/mol. The van der Waals surface area contributed by atoms with Crippen LogP contribution in [0.5, 0.6) is 0 Å². The van der Waals surface area contributed by atoms with Gasteiger partial charge < -0.3 is 15.8 Å². The first-order valence-electron chi connectivity index (χ1n) is 8.75. The number of rotatable bonds is 4. The largest absolute Gasteiger partial charge is 0.378 e. The van der Waals surface area contributed by atoms with Crippen LogP contribution in [0.2, 0.25) is 0 Å². The summed E-state index contributed by atoms with van der Waals surface area (Å²) in [6.07, 6.45) is 1.71. The number of hydrogen-bond acceptors (Lipinski definition) is 6. The van der Waals surface area contributed by atoms with Gasteiger partial charge in [0.1, 0.15) is 5.54 Å². The van der Waals surface area contributed by atoms with Gasteiger partial charge in [0.05, 0.1) is 16.7 Å². The standard InChI is InChI=1S/C18H27N3O3S.ClH/c1-6-24-12-9-18(19,17(12,4)5)14(23)21-15-20-10-7-16(2,3)8-11(22)13(10)25-15;/h12H,6-9,19H2,1-5H3,(H,20,21,23);1H. The first kappa shape index (κ1) is 21.3. The number of anilines is 1. The van der Waals surface area contributed by atoms with Crippen molar-refractivity contribution in [3.05, 3.63) is 10.6 Å². The van der Waals surface area contributed by atoms with Crippen molar-refractivity contribution in [3.8, 4) is 0 Å². The van der Waals surface area contributed by atoms with E-state index in [-0.39, 0.29) is 35.6 Å². The average molecular weight is 402 g/mol. The Balaban J connectivity index is 0.00000243. The molecule has 2 aliphatic carbocycles. The van der Waals surface area contributed by atoms with Crippen molar-refractivity contribution in [2.75, 3.05) is 11.9 Å². The van der Waals surface area contributed by atoms with Gasteiger partial charge in [-0.05, 0) is 18.8 Å². The van der Waals surface area contributed by atoms with Crippen molar-refractivity contribution in [2.45, 2.75) is 65.5 Å². The fourth-order valence-electron chi connectivity index (χ4n) is 3.80. The van der Waals surface area contributed by atoms with E-state index in [1.165, 1.54) is 11.3 Å². The molecule has 1 saturated carbocycles. The van der Waals surface area contributed by atoms with Crippen LogP contribution in [0.4, 0.5) is 5.13 Å². The molecule has 2 unspecified atom stereocenters. The summed E-state index contributed by atoms with van der Waals surface area (Å²) in [6.45, 7) is 10.6. The second-order valence-corrected chi connectivity index (χ2v) is 9.53. The molecular weight excluding hydrogens is 374 g/mol. The Hall–Kier alpha value is -1.02. The molecule has 0 aromatic carbocycles. The third-order valence-corrected chi connectivity index (χ3v) is 6.75. The summed E-state index contributed by atoms with van der Waals surface area (Å²) in [6, 6.07) is 0. The number of carbonyl (C=O) groups excluding carboxylic acids is 2. The minimum atomic E-state index is -0.998. The van der Waals surface area contributed by atoms with Crippen molar-refractivity contribution in [1.82, 2.24) is 4.98 Å². The Bertz CT molecular complexity index is 731. The molecule has 3 rings (SSSR count). The Kier molecular flexibility index (Phi) is 5.61. The summed E-state index contributed by atoms with van der Waals surface area (Å²) in [4.78, 5) is 30.3. The molecule has 0 spiro atoms. The molecule has 1 fully saturated rings. The van der Waals surface area contributed by atoms with Crippen LogP contribution in [0.15, 0.2) is 0 Å². The number of Topliss-reactive ketones (excluding diaryl/α,β-unsaturated/α-hetero) is 1. The summed E-state index contributed by atoms with van der Waals surface area (Å²) in [5.74, 6) is -0.154. The maximum Gasteiger partial charge on any atom is 0.246 e. The molecule has 2 atom stereocenters. The zero-order valence-electron chi connectivity index (χ0n) is 16.0. The molecule has 1 heterocycles. The summed E-state index contributed by atoms with van der Waals surface area (Å²) >= 11 is 1.25. The molecule has 0 radical (unpaired) electrons. The van der Waals surface area contributed by atoms with E-state index in [2.05, 4.69) is 24.1 Å². The van der Waals surface area contributed by atoms with Crippen LogP contribution < -0.4 is 11.1 Å². The predicted octanol–water partition coefficient (Wildman–Crippen LogP) is 3.19. The second kappa shape index (κ2) is 6.86. The van der Waals surface area contributed by atoms with Gasteiger partial charge in [-0.15, -0.1) is 12.4 Å². The van der Waals surface area contributed by atoms with E-state index in [9.17, 15) is 9.59 Å². The normalized spacial score (nSPS) is 28.5. The maximum absolute atomic E-state index is 12.8. The molecule has 146 valence electrons. The van der Waals surface area contributed by atoms with Crippen LogP contribution in [-0.2, 0) is 16.0 Å². The lowest BCUT2D eigenvalue weighted by Gasteiger charge is -2.57. The zero-order valence-corrected chi connectivity index (χ0v) is 17.6. The van der Waals surface area contributed by atoms with Crippen LogP contribution in [-0.4, -0.2) is 34.9 Å². The summed E-state index contributed by atoms with van der Waals surface area (Å²) in [5, 5.41) is 3.30. The third-order valence-electron chi connectivity index (χ3n) is 5.69. The molecule has 0 bridgehead atoms. The molecule has 1 aromatic rings. The van der Waals surface area contributed by atoms with Gasteiger partial charge in [0, 0.05) is 24.9 Å². The molecule has 0 aliphatic heterocycles. The van der Waals surface area contributed by atoms with E-state index in [1.54, 1.807) is 0 Å². The Morgan fingerprint density at radius 1 is 1.35 bits per heavy atom. The van der Waals surface area contributed by atoms with Crippen LogP contribution in [0.1, 0.15) is 62.8 Å². The molecule has 26 heavy (non-hydrogen) atoms. The van der Waals surface area contributed by atoms with Gasteiger partial charge in [0.25, 0.3) is 0 Å². The topological polar surface area (TPSA) is 94.3 Å². The minimum absolute atomic E-state index is 0. The monoisotopic (exact) mass is 401 g/mol. The number of nitrogens with zero attached hydrogens (tertiary/aromatic N) is 1. The van der Waals surface area contributed by atoms with Crippen LogP contribution in [0, 0.1) is 10.8 Å². The van der Waals surface area contributed by atoms with Gasteiger partial charge in [-0.1, -0.05) is 39.0 Å². The fraction of sp³-hybridized carbons (Fsp3) is 0.722. The van der Waals surface area contributed by atoms with E-state index in [1.807, 2.05) is 20.8 Å². The molecule has 1 amide bonds.